The van der Waals surface area contributed by atoms with Crippen molar-refractivity contribution in [3.05, 3.63) is 113 Å². The molecule has 0 atom stereocenters. The molecule has 5 rings (SSSR count). The Morgan fingerprint density at radius 2 is 1.43 bits per heavy atom. The molecule has 0 spiro atoms. The molecule has 0 bridgehead atoms. The van der Waals surface area contributed by atoms with Crippen LogP contribution in [0.25, 0.3) is 21.8 Å². The smallest absolute Gasteiger partial charge is 0.242 e. The Morgan fingerprint density at radius 1 is 0.800 bits per heavy atom. The topological polar surface area (TPSA) is 68.5 Å². The van der Waals surface area contributed by atoms with E-state index >= 15 is 0 Å². The molecule has 0 aliphatic heterocycles. The molecule has 0 fully saturated rings. The fraction of sp³-hybridized carbons (Fsp3) is 0.176. The second-order valence-corrected chi connectivity index (χ2v) is 10.8. The summed E-state index contributed by atoms with van der Waals surface area (Å²) >= 11 is 1.62. The number of hydrogen-bond donors (Lipinski definition) is 0. The van der Waals surface area contributed by atoms with Gasteiger partial charge < -0.3 is 4.57 Å². The molecule has 0 radical (unpaired) electrons. The number of rotatable bonds is 9. The SMILES string of the molecule is CCn1c2ccc(C(=O)/C(CCSc3ccccc3)=N\C(C)=O)cc2c2cc(C(=O)c3ccccc3C)ccc21. The third kappa shape index (κ3) is 5.54. The molecule has 0 saturated heterocycles. The lowest BCUT2D eigenvalue weighted by atomic mass is 9.97. The minimum absolute atomic E-state index is 0.0311. The summed E-state index contributed by atoms with van der Waals surface area (Å²) in [5.41, 5.74) is 4.92. The zero-order chi connectivity index (χ0) is 28.2. The molecular weight excluding hydrogens is 516 g/mol. The zero-order valence-electron chi connectivity index (χ0n) is 22.8. The highest BCUT2D eigenvalue weighted by atomic mass is 32.2. The molecule has 40 heavy (non-hydrogen) atoms. The molecule has 200 valence electrons. The molecule has 5 nitrogen and oxygen atoms in total. The number of amides is 1. The van der Waals surface area contributed by atoms with Gasteiger partial charge in [-0.15, -0.1) is 11.8 Å². The highest BCUT2D eigenvalue weighted by Crippen LogP contribution is 2.32. The summed E-state index contributed by atoms with van der Waals surface area (Å²) in [6.45, 7) is 6.12. The lowest BCUT2D eigenvalue weighted by Gasteiger charge is -2.07. The first-order chi connectivity index (χ1) is 19.4. The number of benzene rings is 4. The molecule has 1 amide bonds. The van der Waals surface area contributed by atoms with E-state index < -0.39 is 5.91 Å². The van der Waals surface area contributed by atoms with Crippen LogP contribution in [0.3, 0.4) is 0 Å². The summed E-state index contributed by atoms with van der Waals surface area (Å²) in [5.74, 6) is -0.0494. The van der Waals surface area contributed by atoms with Crippen molar-refractivity contribution in [3.63, 3.8) is 0 Å². The predicted molar refractivity (Wildman–Crippen MR) is 164 cm³/mol. The fourth-order valence-corrected chi connectivity index (χ4v) is 5.95. The number of thioether (sulfide) groups is 1. The van der Waals surface area contributed by atoms with Crippen LogP contribution in [0, 0.1) is 6.92 Å². The third-order valence-electron chi connectivity index (χ3n) is 7.00. The predicted octanol–water partition coefficient (Wildman–Crippen LogP) is 7.71. The van der Waals surface area contributed by atoms with Crippen molar-refractivity contribution in [1.82, 2.24) is 4.57 Å². The number of aromatic nitrogens is 1. The van der Waals surface area contributed by atoms with Crippen molar-refractivity contribution >= 4 is 56.8 Å². The number of aryl methyl sites for hydroxylation is 2. The molecule has 5 aromatic rings. The van der Waals surface area contributed by atoms with E-state index in [1.807, 2.05) is 91.9 Å². The van der Waals surface area contributed by atoms with Gasteiger partial charge in [0.25, 0.3) is 0 Å². The van der Waals surface area contributed by atoms with Gasteiger partial charge in [-0.2, -0.15) is 0 Å². The molecule has 6 heteroatoms. The maximum absolute atomic E-state index is 13.6. The number of carbonyl (C=O) groups excluding carboxylic acids is 3. The molecule has 0 saturated carbocycles. The number of ketones is 2. The second kappa shape index (κ2) is 11.8. The van der Waals surface area contributed by atoms with Crippen molar-refractivity contribution in [2.24, 2.45) is 4.99 Å². The van der Waals surface area contributed by atoms with E-state index in [2.05, 4.69) is 16.5 Å². The van der Waals surface area contributed by atoms with E-state index in [0.29, 0.717) is 28.9 Å². The van der Waals surface area contributed by atoms with E-state index in [9.17, 15) is 14.4 Å². The number of aliphatic imine (C=N–C) groups is 1. The van der Waals surface area contributed by atoms with Gasteiger partial charge in [0.05, 0.1) is 5.71 Å². The standard InChI is InChI=1S/C34H30N2O3S/c1-4-36-31-16-14-24(33(38)27-13-9-8-10-22(27)2)20-28(31)29-21-25(15-17-32(29)36)34(39)30(35-23(3)37)18-19-40-26-11-6-5-7-12-26/h5-17,20-21H,4,18-19H2,1-3H3/b35-30-. The summed E-state index contributed by atoms with van der Waals surface area (Å²) in [6, 6.07) is 28.9. The van der Waals surface area contributed by atoms with Crippen LogP contribution in [-0.4, -0.2) is 33.5 Å². The second-order valence-electron chi connectivity index (χ2n) is 9.67. The molecule has 1 aromatic heterocycles. The Balaban J connectivity index is 1.52. The maximum Gasteiger partial charge on any atom is 0.242 e. The minimum Gasteiger partial charge on any atom is -0.341 e. The van der Waals surface area contributed by atoms with Crippen molar-refractivity contribution in [3.8, 4) is 0 Å². The van der Waals surface area contributed by atoms with Gasteiger partial charge in [0.2, 0.25) is 11.7 Å². The number of carbonyl (C=O) groups is 3. The van der Waals surface area contributed by atoms with Crippen LogP contribution in [-0.2, 0) is 11.3 Å². The third-order valence-corrected chi connectivity index (χ3v) is 8.01. The summed E-state index contributed by atoms with van der Waals surface area (Å²) in [4.78, 5) is 44.1. The molecule has 0 aliphatic carbocycles. The molecule has 0 unspecified atom stereocenters. The van der Waals surface area contributed by atoms with Crippen LogP contribution in [0.1, 0.15) is 52.1 Å². The number of fused-ring (bicyclic) bond motifs is 3. The Bertz CT molecular complexity index is 1780. The molecular formula is C34H30N2O3S. The van der Waals surface area contributed by atoms with Crippen molar-refractivity contribution in [2.45, 2.75) is 38.6 Å². The highest BCUT2D eigenvalue weighted by Gasteiger charge is 2.19. The van der Waals surface area contributed by atoms with Gasteiger partial charge in [-0.25, -0.2) is 4.99 Å². The van der Waals surface area contributed by atoms with Gasteiger partial charge in [-0.05, 0) is 67.9 Å². The zero-order valence-corrected chi connectivity index (χ0v) is 23.6. The van der Waals surface area contributed by atoms with E-state index in [1.54, 1.807) is 17.8 Å². The van der Waals surface area contributed by atoms with E-state index in [-0.39, 0.29) is 17.3 Å². The largest absolute Gasteiger partial charge is 0.341 e. The van der Waals surface area contributed by atoms with Crippen LogP contribution in [0.4, 0.5) is 0 Å². The Kier molecular flexibility index (Phi) is 8.08. The number of nitrogens with zero attached hydrogens (tertiary/aromatic N) is 2. The van der Waals surface area contributed by atoms with Gasteiger partial charge in [0.1, 0.15) is 0 Å². The molecule has 0 aliphatic rings. The van der Waals surface area contributed by atoms with Crippen LogP contribution in [0.15, 0.2) is 101 Å². The Hall–Kier alpha value is -4.29. The number of hydrogen-bond acceptors (Lipinski definition) is 4. The van der Waals surface area contributed by atoms with Gasteiger partial charge in [0.15, 0.2) is 5.78 Å². The summed E-state index contributed by atoms with van der Waals surface area (Å²) < 4.78 is 2.18. The first-order valence-corrected chi connectivity index (χ1v) is 14.3. The van der Waals surface area contributed by atoms with Crippen molar-refractivity contribution in [2.75, 3.05) is 5.75 Å². The lowest BCUT2D eigenvalue weighted by Crippen LogP contribution is -2.17. The van der Waals surface area contributed by atoms with Crippen LogP contribution >= 0.6 is 11.8 Å². The average molecular weight is 547 g/mol. The number of Topliss-reactive ketones (excluding diaryl/α,β-unsaturated/α-hetero) is 1. The van der Waals surface area contributed by atoms with Crippen molar-refractivity contribution < 1.29 is 14.4 Å². The van der Waals surface area contributed by atoms with E-state index in [1.165, 1.54) is 6.92 Å². The maximum atomic E-state index is 13.6. The molecule has 1 heterocycles. The average Bonchev–Trinajstić information content (AvgIpc) is 3.28. The lowest BCUT2D eigenvalue weighted by molar-refractivity contribution is -0.115. The Labute approximate surface area is 237 Å². The van der Waals surface area contributed by atoms with Gasteiger partial charge in [0, 0.05) is 69.0 Å². The van der Waals surface area contributed by atoms with Gasteiger partial charge in [-0.1, -0.05) is 42.5 Å². The van der Waals surface area contributed by atoms with Gasteiger partial charge in [-0.3, -0.25) is 14.4 Å². The van der Waals surface area contributed by atoms with Crippen LogP contribution in [0.5, 0.6) is 0 Å². The van der Waals surface area contributed by atoms with E-state index in [4.69, 9.17) is 0 Å². The fourth-order valence-electron chi connectivity index (χ4n) is 5.07. The summed E-state index contributed by atoms with van der Waals surface area (Å²) in [6.07, 6.45) is 0.377. The molecule has 4 aromatic carbocycles. The monoisotopic (exact) mass is 546 g/mol. The van der Waals surface area contributed by atoms with Crippen molar-refractivity contribution in [1.29, 1.82) is 0 Å². The Morgan fingerprint density at radius 3 is 2.08 bits per heavy atom. The van der Waals surface area contributed by atoms with Gasteiger partial charge >= 0.3 is 0 Å². The first kappa shape index (κ1) is 27.3. The van der Waals surface area contributed by atoms with Crippen LogP contribution < -0.4 is 0 Å². The van der Waals surface area contributed by atoms with Crippen LogP contribution in [0.2, 0.25) is 0 Å². The molecule has 0 N–H and O–H groups in total. The van der Waals surface area contributed by atoms with E-state index in [0.717, 1.165) is 38.8 Å². The normalized spacial score (nSPS) is 11.7. The quantitative estimate of drug-likeness (QED) is 0.108. The summed E-state index contributed by atoms with van der Waals surface area (Å²) in [7, 11) is 0. The first-order valence-electron chi connectivity index (χ1n) is 13.3. The highest BCUT2D eigenvalue weighted by molar-refractivity contribution is 7.99. The minimum atomic E-state index is -0.393. The summed E-state index contributed by atoms with van der Waals surface area (Å²) in [5, 5.41) is 1.80.